The normalized spacial score (nSPS) is 14.1. The Morgan fingerprint density at radius 1 is 1.07 bits per heavy atom. The minimum atomic E-state index is -5.76. The molecule has 14 heavy (non-hydrogen) atoms. The average Bonchev–Trinajstić information content (AvgIpc) is 1.95. The van der Waals surface area contributed by atoms with Gasteiger partial charge in [0.05, 0.1) is 13.3 Å². The summed E-state index contributed by atoms with van der Waals surface area (Å²) in [6.07, 6.45) is -12.3. The van der Waals surface area contributed by atoms with Crippen LogP contribution in [-0.4, -0.2) is 24.6 Å². The molecule has 0 unspecified atom stereocenters. The van der Waals surface area contributed by atoms with Crippen LogP contribution in [0.2, 0.25) is 0 Å². The molecule has 0 rings (SSSR count). The van der Waals surface area contributed by atoms with Crippen molar-refractivity contribution in [3.63, 3.8) is 0 Å². The molecule has 0 saturated heterocycles. The SMILES string of the molecule is CO/C(F)=C/N(C(F)(F)F)C(F)(F)F. The van der Waals surface area contributed by atoms with Gasteiger partial charge in [-0.1, -0.05) is 0 Å². The second-order valence-corrected chi connectivity index (χ2v) is 1.94. The second kappa shape index (κ2) is 3.93. The smallest absolute Gasteiger partial charge is 0.473 e. The van der Waals surface area contributed by atoms with E-state index in [0.717, 1.165) is 0 Å². The van der Waals surface area contributed by atoms with E-state index in [4.69, 9.17) is 0 Å². The monoisotopic (exact) mass is 227 g/mol. The minimum Gasteiger partial charge on any atom is -0.473 e. The molecule has 0 fully saturated rings. The van der Waals surface area contributed by atoms with Crippen molar-refractivity contribution in [2.45, 2.75) is 12.6 Å². The lowest BCUT2D eigenvalue weighted by molar-refractivity contribution is -0.355. The van der Waals surface area contributed by atoms with Crippen LogP contribution in [0.25, 0.3) is 0 Å². The fourth-order valence-electron chi connectivity index (χ4n) is 0.444. The fraction of sp³-hybridized carbons (Fsp3) is 0.600. The molecule has 0 amide bonds. The van der Waals surface area contributed by atoms with Crippen LogP contribution < -0.4 is 0 Å². The van der Waals surface area contributed by atoms with Crippen LogP contribution in [0.5, 0.6) is 0 Å². The summed E-state index contributed by atoms with van der Waals surface area (Å²) in [5.41, 5.74) is 0. The lowest BCUT2D eigenvalue weighted by Gasteiger charge is -2.24. The van der Waals surface area contributed by atoms with E-state index in [0.29, 0.717) is 7.11 Å². The molecule has 0 aromatic rings. The molecule has 0 radical (unpaired) electrons. The highest BCUT2D eigenvalue weighted by atomic mass is 19.4. The highest BCUT2D eigenvalue weighted by molar-refractivity contribution is 4.85. The van der Waals surface area contributed by atoms with E-state index in [-0.39, 0.29) is 0 Å². The lowest BCUT2D eigenvalue weighted by Crippen LogP contribution is -2.44. The maximum absolute atomic E-state index is 12.0. The first-order chi connectivity index (χ1) is 6.09. The summed E-state index contributed by atoms with van der Waals surface area (Å²) in [6, 6.07) is -2.00. The van der Waals surface area contributed by atoms with Gasteiger partial charge in [0.15, 0.2) is 0 Å². The Morgan fingerprint density at radius 3 is 1.64 bits per heavy atom. The first-order valence-electron chi connectivity index (χ1n) is 2.93. The Labute approximate surface area is 73.5 Å². The number of halogens is 7. The van der Waals surface area contributed by atoms with Gasteiger partial charge in [0, 0.05) is 0 Å². The Hall–Kier alpha value is -1.15. The summed E-state index contributed by atoms with van der Waals surface area (Å²) in [5.74, 6) is 0. The second-order valence-electron chi connectivity index (χ2n) is 1.94. The lowest BCUT2D eigenvalue weighted by atomic mass is 10.7. The molecular formula is C5H4F7NO. The molecule has 0 heterocycles. The summed E-state index contributed by atoms with van der Waals surface area (Å²) < 4.78 is 85.5. The van der Waals surface area contributed by atoms with Crippen molar-refractivity contribution in [2.24, 2.45) is 0 Å². The van der Waals surface area contributed by atoms with Crippen molar-refractivity contribution in [1.29, 1.82) is 0 Å². The highest BCUT2D eigenvalue weighted by Gasteiger charge is 2.52. The van der Waals surface area contributed by atoms with Gasteiger partial charge in [-0.2, -0.15) is 9.29 Å². The van der Waals surface area contributed by atoms with E-state index in [2.05, 4.69) is 4.74 Å². The number of alkyl halides is 6. The molecule has 0 atom stereocenters. The number of methoxy groups -OCH3 is 1. The van der Waals surface area contributed by atoms with E-state index in [1.165, 1.54) is 0 Å². The molecule has 0 aliphatic rings. The Morgan fingerprint density at radius 2 is 1.43 bits per heavy atom. The van der Waals surface area contributed by atoms with Gasteiger partial charge < -0.3 is 4.74 Å². The van der Waals surface area contributed by atoms with Gasteiger partial charge in [0.25, 0.3) is 6.01 Å². The van der Waals surface area contributed by atoms with Gasteiger partial charge >= 0.3 is 12.6 Å². The maximum atomic E-state index is 12.0. The maximum Gasteiger partial charge on any atom is 0.491 e. The molecule has 2 nitrogen and oxygen atoms in total. The van der Waals surface area contributed by atoms with Crippen molar-refractivity contribution in [2.75, 3.05) is 7.11 Å². The van der Waals surface area contributed by atoms with E-state index < -0.39 is 29.7 Å². The predicted molar refractivity (Wildman–Crippen MR) is 30.1 cm³/mol. The van der Waals surface area contributed by atoms with Crippen LogP contribution >= 0.6 is 0 Å². The molecule has 0 aliphatic carbocycles. The van der Waals surface area contributed by atoms with Crippen LogP contribution in [0.1, 0.15) is 0 Å². The number of ether oxygens (including phenoxy) is 1. The third-order valence-corrected chi connectivity index (χ3v) is 0.972. The summed E-state index contributed by atoms with van der Waals surface area (Å²) >= 11 is 0. The zero-order valence-corrected chi connectivity index (χ0v) is 6.58. The number of rotatable bonds is 2. The third-order valence-electron chi connectivity index (χ3n) is 0.972. The molecule has 0 aromatic carbocycles. The zero-order valence-electron chi connectivity index (χ0n) is 6.58. The molecule has 0 N–H and O–H groups in total. The van der Waals surface area contributed by atoms with Crippen LogP contribution in [0, 0.1) is 0 Å². The van der Waals surface area contributed by atoms with Crippen LogP contribution in [0.3, 0.4) is 0 Å². The number of hydrogen-bond acceptors (Lipinski definition) is 2. The van der Waals surface area contributed by atoms with Crippen molar-refractivity contribution in [1.82, 2.24) is 4.90 Å². The van der Waals surface area contributed by atoms with E-state index in [9.17, 15) is 30.7 Å². The van der Waals surface area contributed by atoms with E-state index in [1.54, 1.807) is 0 Å². The van der Waals surface area contributed by atoms with Gasteiger partial charge in [-0.05, 0) is 0 Å². The zero-order chi connectivity index (χ0) is 11.6. The first-order valence-corrected chi connectivity index (χ1v) is 2.93. The molecule has 84 valence electrons. The Bertz CT molecular complexity index is 203. The largest absolute Gasteiger partial charge is 0.491 e. The molecule has 0 saturated carbocycles. The summed E-state index contributed by atoms with van der Waals surface area (Å²) in [5, 5.41) is 0. The molecular weight excluding hydrogens is 223 g/mol. The first kappa shape index (κ1) is 12.8. The van der Waals surface area contributed by atoms with E-state index in [1.807, 2.05) is 0 Å². The van der Waals surface area contributed by atoms with Crippen molar-refractivity contribution >= 4 is 0 Å². The predicted octanol–water partition coefficient (Wildman–Crippen LogP) is 2.74. The van der Waals surface area contributed by atoms with Crippen LogP contribution in [-0.2, 0) is 4.74 Å². The van der Waals surface area contributed by atoms with E-state index >= 15 is 0 Å². The molecule has 9 heteroatoms. The number of hydrogen-bond donors (Lipinski definition) is 0. The minimum absolute atomic E-state index is 0.594. The van der Waals surface area contributed by atoms with Gasteiger partial charge in [-0.15, -0.1) is 26.3 Å². The average molecular weight is 227 g/mol. The third kappa shape index (κ3) is 3.71. The van der Waals surface area contributed by atoms with Crippen molar-refractivity contribution in [3.05, 3.63) is 12.2 Å². The highest BCUT2D eigenvalue weighted by Crippen LogP contribution is 2.34. The van der Waals surface area contributed by atoms with Crippen molar-refractivity contribution < 1.29 is 35.5 Å². The molecule has 0 aliphatic heterocycles. The fourth-order valence-corrected chi connectivity index (χ4v) is 0.444. The summed E-state index contributed by atoms with van der Waals surface area (Å²) in [7, 11) is 0.594. The molecule has 0 aromatic heterocycles. The summed E-state index contributed by atoms with van der Waals surface area (Å²) in [6.45, 7) is 0. The van der Waals surface area contributed by atoms with Crippen LogP contribution in [0.4, 0.5) is 30.7 Å². The molecule has 0 spiro atoms. The van der Waals surface area contributed by atoms with Crippen LogP contribution in [0.15, 0.2) is 12.2 Å². The standard InChI is InChI=1S/C5H4F7NO/c1-14-3(6)2-13(4(7,8)9)5(10,11)12/h2H,1H3/b3-2+. The topological polar surface area (TPSA) is 12.5 Å². The molecule has 0 bridgehead atoms. The summed E-state index contributed by atoms with van der Waals surface area (Å²) in [4.78, 5) is -2.06. The van der Waals surface area contributed by atoms with Gasteiger partial charge in [0.1, 0.15) is 0 Å². The van der Waals surface area contributed by atoms with Gasteiger partial charge in [0.2, 0.25) is 0 Å². The Kier molecular flexibility index (Phi) is 3.60. The van der Waals surface area contributed by atoms with Gasteiger partial charge in [-0.3, -0.25) is 0 Å². The number of nitrogens with zero attached hydrogens (tertiary/aromatic N) is 1. The Balaban J connectivity index is 4.95. The van der Waals surface area contributed by atoms with Crippen molar-refractivity contribution in [3.8, 4) is 0 Å². The van der Waals surface area contributed by atoms with Gasteiger partial charge in [-0.25, -0.2) is 0 Å². The quantitative estimate of drug-likeness (QED) is 0.408.